The number of nitrogens with one attached hydrogen (secondary N) is 2. The third-order valence-electron chi connectivity index (χ3n) is 4.75. The lowest BCUT2D eigenvalue weighted by Crippen LogP contribution is -2.19. The first-order chi connectivity index (χ1) is 12.6. The van der Waals surface area contributed by atoms with Gasteiger partial charge >= 0.3 is 0 Å². The first-order valence-electron chi connectivity index (χ1n) is 9.27. The third-order valence-corrected chi connectivity index (χ3v) is 4.75. The van der Waals surface area contributed by atoms with Crippen LogP contribution in [0.3, 0.4) is 0 Å². The van der Waals surface area contributed by atoms with Gasteiger partial charge < -0.3 is 10.6 Å². The topological polar surface area (TPSA) is 71.1 Å². The number of rotatable bonds is 5. The molecular weight excluding hydrogens is 326 g/mol. The van der Waals surface area contributed by atoms with Crippen molar-refractivity contribution in [2.75, 3.05) is 10.6 Å². The summed E-state index contributed by atoms with van der Waals surface area (Å²) in [7, 11) is 0. The minimum absolute atomic E-state index is 0.0341. The van der Waals surface area contributed by atoms with Crippen LogP contribution in [0, 0.1) is 0 Å². The summed E-state index contributed by atoms with van der Waals surface area (Å²) >= 11 is 0. The van der Waals surface area contributed by atoms with Crippen LogP contribution in [0.25, 0.3) is 0 Å². The van der Waals surface area contributed by atoms with Crippen LogP contribution in [0.4, 0.5) is 11.4 Å². The highest BCUT2D eigenvalue weighted by Gasteiger charge is 2.13. The van der Waals surface area contributed by atoms with Crippen molar-refractivity contribution in [1.29, 1.82) is 0 Å². The Morgan fingerprint density at radius 3 is 2.42 bits per heavy atom. The van der Waals surface area contributed by atoms with Crippen molar-refractivity contribution >= 4 is 23.1 Å². The predicted molar refractivity (Wildman–Crippen MR) is 104 cm³/mol. The van der Waals surface area contributed by atoms with Gasteiger partial charge in [-0.25, -0.2) is 4.98 Å². The fraction of sp³-hybridized carbons (Fsp3) is 0.381. The molecule has 1 aromatic heterocycles. The quantitative estimate of drug-likeness (QED) is 0.606. The van der Waals surface area contributed by atoms with Gasteiger partial charge in [0.2, 0.25) is 0 Å². The fourth-order valence-corrected chi connectivity index (χ4v) is 3.28. The number of hydrogen-bond acceptors (Lipinski definition) is 4. The maximum atomic E-state index is 12.4. The van der Waals surface area contributed by atoms with E-state index in [1.165, 1.54) is 45.4 Å². The molecular formula is C21H25N3O2. The Labute approximate surface area is 154 Å². The van der Waals surface area contributed by atoms with Gasteiger partial charge in [-0.1, -0.05) is 37.8 Å². The van der Waals surface area contributed by atoms with Crippen molar-refractivity contribution in [2.45, 2.75) is 51.5 Å². The van der Waals surface area contributed by atoms with Gasteiger partial charge in [0.25, 0.3) is 5.91 Å². The summed E-state index contributed by atoms with van der Waals surface area (Å²) < 4.78 is 0. The van der Waals surface area contributed by atoms with Crippen molar-refractivity contribution in [3.05, 3.63) is 53.9 Å². The molecule has 1 aromatic carbocycles. The highest BCUT2D eigenvalue weighted by Crippen LogP contribution is 2.21. The molecule has 0 aliphatic heterocycles. The van der Waals surface area contributed by atoms with Gasteiger partial charge in [-0.2, -0.15) is 0 Å². The number of pyridine rings is 1. The number of amides is 1. The van der Waals surface area contributed by atoms with E-state index in [0.29, 0.717) is 23.0 Å². The van der Waals surface area contributed by atoms with E-state index in [9.17, 15) is 9.59 Å². The molecule has 2 aromatic rings. The zero-order valence-corrected chi connectivity index (χ0v) is 15.1. The summed E-state index contributed by atoms with van der Waals surface area (Å²) in [5.41, 5.74) is 2.46. The maximum Gasteiger partial charge on any atom is 0.274 e. The van der Waals surface area contributed by atoms with E-state index in [1.807, 2.05) is 6.07 Å². The number of ketones is 1. The number of hydrogen-bond donors (Lipinski definition) is 2. The number of Topliss-reactive ketones (excluding diaryl/α,β-unsaturated/α-hetero) is 1. The van der Waals surface area contributed by atoms with Crippen LogP contribution in [0.15, 0.2) is 42.6 Å². The summed E-state index contributed by atoms with van der Waals surface area (Å²) in [6.07, 6.45) is 9.27. The van der Waals surface area contributed by atoms with E-state index in [-0.39, 0.29) is 11.7 Å². The zero-order chi connectivity index (χ0) is 18.4. The third kappa shape index (κ3) is 4.91. The molecule has 3 rings (SSSR count). The Kier molecular flexibility index (Phi) is 6.00. The minimum atomic E-state index is -0.285. The molecule has 1 amide bonds. The molecule has 1 aliphatic carbocycles. The van der Waals surface area contributed by atoms with Crippen molar-refractivity contribution in [3.8, 4) is 0 Å². The van der Waals surface area contributed by atoms with Crippen molar-refractivity contribution in [2.24, 2.45) is 0 Å². The van der Waals surface area contributed by atoms with Gasteiger partial charge in [0.05, 0.1) is 11.9 Å². The Morgan fingerprint density at radius 2 is 1.77 bits per heavy atom. The van der Waals surface area contributed by atoms with Gasteiger partial charge in [0.15, 0.2) is 5.78 Å². The number of benzene rings is 1. The van der Waals surface area contributed by atoms with Gasteiger partial charge in [-0.05, 0) is 44.0 Å². The monoisotopic (exact) mass is 351 g/mol. The molecule has 26 heavy (non-hydrogen) atoms. The van der Waals surface area contributed by atoms with Crippen molar-refractivity contribution in [3.63, 3.8) is 0 Å². The van der Waals surface area contributed by atoms with Crippen LogP contribution < -0.4 is 10.6 Å². The number of anilines is 2. The largest absolute Gasteiger partial charge is 0.381 e. The number of nitrogens with zero attached hydrogens (tertiary/aromatic N) is 1. The molecule has 1 aliphatic rings. The molecule has 0 atom stereocenters. The normalized spacial score (nSPS) is 15.1. The molecule has 0 unspecified atom stereocenters. The Hall–Kier alpha value is -2.69. The van der Waals surface area contributed by atoms with E-state index < -0.39 is 0 Å². The van der Waals surface area contributed by atoms with Gasteiger partial charge in [-0.15, -0.1) is 0 Å². The van der Waals surface area contributed by atoms with E-state index in [2.05, 4.69) is 15.6 Å². The molecule has 1 saturated carbocycles. The SMILES string of the molecule is CC(=O)c1cccc(NC(=O)c2ccc(NC3CCCCCC3)cn2)c1. The highest BCUT2D eigenvalue weighted by molar-refractivity contribution is 6.04. The van der Waals surface area contributed by atoms with Crippen LogP contribution in [-0.2, 0) is 0 Å². The summed E-state index contributed by atoms with van der Waals surface area (Å²) in [5, 5.41) is 6.31. The van der Waals surface area contributed by atoms with Crippen LogP contribution in [0.1, 0.15) is 66.3 Å². The highest BCUT2D eigenvalue weighted by atomic mass is 16.2. The van der Waals surface area contributed by atoms with Crippen molar-refractivity contribution in [1.82, 2.24) is 4.98 Å². The van der Waals surface area contributed by atoms with E-state index in [0.717, 1.165) is 5.69 Å². The number of carbonyl (C=O) groups is 2. The second-order valence-electron chi connectivity index (χ2n) is 6.86. The van der Waals surface area contributed by atoms with Gasteiger partial charge in [0, 0.05) is 17.3 Å². The van der Waals surface area contributed by atoms with E-state index >= 15 is 0 Å². The summed E-state index contributed by atoms with van der Waals surface area (Å²) in [6.45, 7) is 1.50. The number of aromatic nitrogens is 1. The molecule has 1 fully saturated rings. The molecule has 2 N–H and O–H groups in total. The zero-order valence-electron chi connectivity index (χ0n) is 15.1. The first-order valence-corrected chi connectivity index (χ1v) is 9.27. The molecule has 136 valence electrons. The molecule has 0 spiro atoms. The second kappa shape index (κ2) is 8.61. The predicted octanol–water partition coefficient (Wildman–Crippen LogP) is 4.67. The van der Waals surface area contributed by atoms with Crippen LogP contribution in [-0.4, -0.2) is 22.7 Å². The molecule has 0 bridgehead atoms. The van der Waals surface area contributed by atoms with Gasteiger partial charge in [0.1, 0.15) is 5.69 Å². The molecule has 0 radical (unpaired) electrons. The second-order valence-corrected chi connectivity index (χ2v) is 6.86. The number of carbonyl (C=O) groups excluding carboxylic acids is 2. The lowest BCUT2D eigenvalue weighted by Gasteiger charge is -2.17. The summed E-state index contributed by atoms with van der Waals surface area (Å²) in [4.78, 5) is 28.1. The average molecular weight is 351 g/mol. The molecule has 0 saturated heterocycles. The lowest BCUT2D eigenvalue weighted by atomic mass is 10.1. The smallest absolute Gasteiger partial charge is 0.274 e. The molecule has 5 heteroatoms. The van der Waals surface area contributed by atoms with E-state index in [1.54, 1.807) is 36.5 Å². The Morgan fingerprint density at radius 1 is 1.00 bits per heavy atom. The van der Waals surface area contributed by atoms with Crippen LogP contribution in [0.2, 0.25) is 0 Å². The first kappa shape index (κ1) is 18.1. The standard InChI is InChI=1S/C21H25N3O2/c1-15(25)16-7-6-10-18(13-16)24-21(26)20-12-11-19(14-22-20)23-17-8-4-2-3-5-9-17/h6-7,10-14,17,23H,2-5,8-9H2,1H3,(H,24,26). The van der Waals surface area contributed by atoms with Crippen LogP contribution >= 0.6 is 0 Å². The average Bonchev–Trinajstić information content (AvgIpc) is 2.91. The Balaban J connectivity index is 1.61. The Bertz CT molecular complexity index is 763. The summed E-state index contributed by atoms with van der Waals surface area (Å²) in [6, 6.07) is 11.0. The fourth-order valence-electron chi connectivity index (χ4n) is 3.28. The van der Waals surface area contributed by atoms with Gasteiger partial charge in [-0.3, -0.25) is 9.59 Å². The molecule has 5 nitrogen and oxygen atoms in total. The van der Waals surface area contributed by atoms with Crippen molar-refractivity contribution < 1.29 is 9.59 Å². The lowest BCUT2D eigenvalue weighted by molar-refractivity contribution is 0.100. The maximum absolute atomic E-state index is 12.4. The van der Waals surface area contributed by atoms with E-state index in [4.69, 9.17) is 0 Å². The molecule has 1 heterocycles. The minimum Gasteiger partial charge on any atom is -0.381 e. The van der Waals surface area contributed by atoms with Crippen LogP contribution in [0.5, 0.6) is 0 Å². The summed E-state index contributed by atoms with van der Waals surface area (Å²) in [5.74, 6) is -0.320.